The van der Waals surface area contributed by atoms with Gasteiger partial charge < -0.3 is 15.0 Å². The molecule has 0 aromatic heterocycles. The number of methoxy groups -OCH3 is 1. The van der Waals surface area contributed by atoms with Gasteiger partial charge in [0.25, 0.3) is 0 Å². The van der Waals surface area contributed by atoms with Gasteiger partial charge in [0, 0.05) is 4.90 Å². The molecule has 8 heteroatoms. The molecule has 1 saturated heterocycles. The Bertz CT molecular complexity index is 592. The largest absolute Gasteiger partial charge is 0.468 e. The van der Waals surface area contributed by atoms with Gasteiger partial charge in [-0.15, -0.1) is 23.5 Å². The number of nitrogens with one attached hydrogen (secondary N) is 1. The van der Waals surface area contributed by atoms with Crippen molar-refractivity contribution in [3.05, 3.63) is 29.8 Å². The second-order valence-electron chi connectivity index (χ2n) is 4.81. The van der Waals surface area contributed by atoms with Gasteiger partial charge in [-0.1, -0.05) is 12.1 Å². The van der Waals surface area contributed by atoms with Crippen LogP contribution in [-0.2, 0) is 19.1 Å². The van der Waals surface area contributed by atoms with Crippen LogP contribution in [0.1, 0.15) is 10.9 Å². The van der Waals surface area contributed by atoms with E-state index in [2.05, 4.69) is 10.1 Å². The second-order valence-corrected chi connectivity index (χ2v) is 6.76. The van der Waals surface area contributed by atoms with Crippen molar-refractivity contribution >= 4 is 41.3 Å². The van der Waals surface area contributed by atoms with Crippen molar-refractivity contribution in [2.24, 2.45) is 0 Å². The summed E-state index contributed by atoms with van der Waals surface area (Å²) in [6.45, 7) is -0.268. The number of carbonyl (C=O) groups excluding carboxylic acids is 3. The van der Waals surface area contributed by atoms with Crippen LogP contribution in [0.3, 0.4) is 0 Å². The van der Waals surface area contributed by atoms with E-state index in [1.54, 1.807) is 11.8 Å². The maximum absolute atomic E-state index is 12.0. The molecule has 1 aromatic carbocycles. The zero-order chi connectivity index (χ0) is 16.8. The Balaban J connectivity index is 2.01. The van der Waals surface area contributed by atoms with Gasteiger partial charge in [0.1, 0.15) is 18.5 Å². The quantitative estimate of drug-likeness (QED) is 0.612. The minimum atomic E-state index is -0.523. The molecular weight excluding hydrogens is 336 g/mol. The van der Waals surface area contributed by atoms with Crippen molar-refractivity contribution in [2.75, 3.05) is 32.2 Å². The fraction of sp³-hybridized carbons (Fsp3) is 0.400. The van der Waals surface area contributed by atoms with Gasteiger partial charge in [0.2, 0.25) is 11.8 Å². The minimum absolute atomic E-state index is 0.0717. The Morgan fingerprint density at radius 3 is 2.70 bits per heavy atom. The summed E-state index contributed by atoms with van der Waals surface area (Å²) >= 11 is 3.14. The second kappa shape index (κ2) is 8.26. The van der Waals surface area contributed by atoms with Crippen LogP contribution < -0.4 is 5.32 Å². The Morgan fingerprint density at radius 2 is 2.09 bits per heavy atom. The van der Waals surface area contributed by atoms with Crippen LogP contribution in [0.4, 0.5) is 0 Å². The number of benzene rings is 1. The van der Waals surface area contributed by atoms with E-state index in [0.29, 0.717) is 5.75 Å². The molecule has 0 aliphatic carbocycles. The van der Waals surface area contributed by atoms with E-state index in [1.807, 2.05) is 30.5 Å². The molecule has 1 aromatic rings. The highest BCUT2D eigenvalue weighted by molar-refractivity contribution is 8.00. The lowest BCUT2D eigenvalue weighted by atomic mass is 10.2. The summed E-state index contributed by atoms with van der Waals surface area (Å²) in [5.74, 6) is -0.636. The van der Waals surface area contributed by atoms with Gasteiger partial charge in [-0.2, -0.15) is 0 Å². The Hall–Kier alpha value is -1.67. The molecule has 1 unspecified atom stereocenters. The maximum Gasteiger partial charge on any atom is 0.325 e. The van der Waals surface area contributed by atoms with E-state index in [4.69, 9.17) is 0 Å². The molecule has 0 spiro atoms. The van der Waals surface area contributed by atoms with Gasteiger partial charge in [-0.05, 0) is 24.0 Å². The summed E-state index contributed by atoms with van der Waals surface area (Å²) in [5.41, 5.74) is 0.986. The summed E-state index contributed by atoms with van der Waals surface area (Å²) in [6.07, 6.45) is 2.00. The van der Waals surface area contributed by atoms with Gasteiger partial charge in [0.15, 0.2) is 0 Å². The Labute approximate surface area is 143 Å². The molecule has 1 aliphatic heterocycles. The standard InChI is InChI=1S/C15H18N2O4S2/c1-21-14(20)7-16-12(18)8-17-13(19)9-23-15(17)10-3-5-11(22-2)6-4-10/h3-6,15H,7-9H2,1-2H3,(H,16,18). The van der Waals surface area contributed by atoms with Gasteiger partial charge in [-0.25, -0.2) is 0 Å². The van der Waals surface area contributed by atoms with Gasteiger partial charge in [0.05, 0.1) is 12.9 Å². The van der Waals surface area contributed by atoms with Crippen molar-refractivity contribution in [1.29, 1.82) is 0 Å². The number of hydrogen-bond donors (Lipinski definition) is 1. The molecule has 23 heavy (non-hydrogen) atoms. The van der Waals surface area contributed by atoms with Crippen LogP contribution in [0, 0.1) is 0 Å². The van der Waals surface area contributed by atoms with E-state index in [-0.39, 0.29) is 30.3 Å². The molecule has 0 bridgehead atoms. The SMILES string of the molecule is COC(=O)CNC(=O)CN1C(=O)CSC1c1ccc(SC)cc1. The van der Waals surface area contributed by atoms with Crippen LogP contribution >= 0.6 is 23.5 Å². The summed E-state index contributed by atoms with van der Waals surface area (Å²) in [6, 6.07) is 7.95. The minimum Gasteiger partial charge on any atom is -0.468 e. The normalized spacial score (nSPS) is 17.2. The summed E-state index contributed by atoms with van der Waals surface area (Å²) < 4.78 is 4.46. The highest BCUT2D eigenvalue weighted by atomic mass is 32.2. The number of esters is 1. The Kier molecular flexibility index (Phi) is 6.35. The van der Waals surface area contributed by atoms with E-state index in [9.17, 15) is 14.4 Å². The van der Waals surface area contributed by atoms with Crippen molar-refractivity contribution in [3.8, 4) is 0 Å². The number of amides is 2. The Morgan fingerprint density at radius 1 is 1.39 bits per heavy atom. The van der Waals surface area contributed by atoms with Crippen LogP contribution in [0.5, 0.6) is 0 Å². The van der Waals surface area contributed by atoms with Crippen LogP contribution in [0.25, 0.3) is 0 Å². The fourth-order valence-electron chi connectivity index (χ4n) is 2.12. The third kappa shape index (κ3) is 4.65. The van der Waals surface area contributed by atoms with E-state index in [0.717, 1.165) is 10.5 Å². The fourth-order valence-corrected chi connectivity index (χ4v) is 3.72. The first kappa shape index (κ1) is 17.7. The molecule has 0 saturated carbocycles. The van der Waals surface area contributed by atoms with E-state index >= 15 is 0 Å². The average molecular weight is 354 g/mol. The molecule has 1 heterocycles. The number of ether oxygens (including phenoxy) is 1. The number of thioether (sulfide) groups is 2. The van der Waals surface area contributed by atoms with Crippen LogP contribution in [0.2, 0.25) is 0 Å². The summed E-state index contributed by atoms with van der Waals surface area (Å²) in [7, 11) is 1.25. The molecule has 2 amide bonds. The highest BCUT2D eigenvalue weighted by Gasteiger charge is 2.34. The van der Waals surface area contributed by atoms with Crippen molar-refractivity contribution < 1.29 is 19.1 Å². The molecule has 1 aliphatic rings. The van der Waals surface area contributed by atoms with Crippen LogP contribution in [0.15, 0.2) is 29.2 Å². The smallest absolute Gasteiger partial charge is 0.325 e. The first-order chi connectivity index (χ1) is 11.0. The molecule has 1 fully saturated rings. The predicted molar refractivity (Wildman–Crippen MR) is 90.2 cm³/mol. The topological polar surface area (TPSA) is 75.7 Å². The lowest BCUT2D eigenvalue weighted by molar-refractivity contribution is -0.141. The first-order valence-electron chi connectivity index (χ1n) is 6.93. The molecule has 6 nitrogen and oxygen atoms in total. The molecule has 2 rings (SSSR count). The van der Waals surface area contributed by atoms with E-state index < -0.39 is 5.97 Å². The lowest BCUT2D eigenvalue weighted by Gasteiger charge is -2.23. The van der Waals surface area contributed by atoms with E-state index in [1.165, 1.54) is 23.8 Å². The lowest BCUT2D eigenvalue weighted by Crippen LogP contribution is -2.41. The van der Waals surface area contributed by atoms with Crippen molar-refractivity contribution in [1.82, 2.24) is 10.2 Å². The third-order valence-electron chi connectivity index (χ3n) is 3.34. The molecule has 124 valence electrons. The van der Waals surface area contributed by atoms with Crippen LogP contribution in [-0.4, -0.2) is 54.9 Å². The van der Waals surface area contributed by atoms with Crippen molar-refractivity contribution in [2.45, 2.75) is 10.3 Å². The van der Waals surface area contributed by atoms with Gasteiger partial charge in [-0.3, -0.25) is 14.4 Å². The number of carbonyl (C=O) groups is 3. The zero-order valence-electron chi connectivity index (χ0n) is 12.9. The number of hydrogen-bond acceptors (Lipinski definition) is 6. The van der Waals surface area contributed by atoms with Crippen molar-refractivity contribution in [3.63, 3.8) is 0 Å². The maximum atomic E-state index is 12.0. The predicted octanol–water partition coefficient (Wildman–Crippen LogP) is 1.27. The monoisotopic (exact) mass is 354 g/mol. The molecular formula is C15H18N2O4S2. The van der Waals surface area contributed by atoms with Gasteiger partial charge >= 0.3 is 5.97 Å². The zero-order valence-corrected chi connectivity index (χ0v) is 14.5. The number of nitrogens with zero attached hydrogens (tertiary/aromatic N) is 1. The summed E-state index contributed by atoms with van der Waals surface area (Å²) in [5, 5.41) is 2.27. The third-order valence-corrected chi connectivity index (χ3v) is 5.34. The average Bonchev–Trinajstić information content (AvgIpc) is 2.93. The molecule has 0 radical (unpaired) electrons. The first-order valence-corrected chi connectivity index (χ1v) is 9.21. The highest BCUT2D eigenvalue weighted by Crippen LogP contribution is 2.38. The molecule has 1 atom stereocenters. The summed E-state index contributed by atoms with van der Waals surface area (Å²) in [4.78, 5) is 37.7. The molecule has 1 N–H and O–H groups in total. The number of rotatable bonds is 6.